The summed E-state index contributed by atoms with van der Waals surface area (Å²) in [5.41, 5.74) is 2.29. The summed E-state index contributed by atoms with van der Waals surface area (Å²) in [6.07, 6.45) is 1.24. The molecule has 3 aromatic heterocycles. The third kappa shape index (κ3) is 2.53. The topological polar surface area (TPSA) is 110 Å². The summed E-state index contributed by atoms with van der Waals surface area (Å²) in [5, 5.41) is 10.9. The molecule has 2 N–H and O–H groups in total. The minimum Gasteiger partial charge on any atom is -0.346 e. The summed E-state index contributed by atoms with van der Waals surface area (Å²) >= 11 is 0. The normalized spacial score (nSPS) is 11.3. The van der Waals surface area contributed by atoms with Gasteiger partial charge in [0.25, 0.3) is 17.2 Å². The van der Waals surface area contributed by atoms with Crippen LogP contribution in [-0.4, -0.2) is 35.3 Å². The van der Waals surface area contributed by atoms with Gasteiger partial charge in [-0.15, -0.1) is 0 Å². The molecule has 0 aliphatic rings. The van der Waals surface area contributed by atoms with Crippen molar-refractivity contribution in [3.05, 3.63) is 57.4 Å². The number of aromatic amines is 1. The van der Waals surface area contributed by atoms with Crippen molar-refractivity contribution in [3.8, 4) is 0 Å². The zero-order valence-electron chi connectivity index (χ0n) is 14.6. The van der Waals surface area contributed by atoms with Crippen LogP contribution in [-0.2, 0) is 13.6 Å². The molecule has 0 saturated heterocycles. The minimum atomic E-state index is -0.504. The summed E-state index contributed by atoms with van der Waals surface area (Å²) in [7, 11) is 1.85. The Labute approximate surface area is 147 Å². The van der Waals surface area contributed by atoms with E-state index in [0.29, 0.717) is 5.82 Å². The smallest absolute Gasteiger partial charge is 0.286 e. The lowest BCUT2D eigenvalue weighted by Gasteiger charge is -2.03. The van der Waals surface area contributed by atoms with Crippen LogP contribution in [0.3, 0.4) is 0 Å². The molecule has 1 amide bonds. The largest absolute Gasteiger partial charge is 0.346 e. The molecule has 0 radical (unpaired) electrons. The Morgan fingerprint density at radius 1 is 1.31 bits per heavy atom. The maximum atomic E-state index is 12.5. The van der Waals surface area contributed by atoms with Gasteiger partial charge in [-0.3, -0.25) is 19.4 Å². The Bertz CT molecular complexity index is 1220. The maximum Gasteiger partial charge on any atom is 0.286 e. The van der Waals surface area contributed by atoms with E-state index in [0.717, 1.165) is 26.7 Å². The number of amides is 1. The van der Waals surface area contributed by atoms with Crippen LogP contribution in [0.2, 0.25) is 0 Å². The molecule has 9 heteroatoms. The van der Waals surface area contributed by atoms with Crippen LogP contribution in [0.4, 0.5) is 0 Å². The van der Waals surface area contributed by atoms with Crippen LogP contribution in [0.15, 0.2) is 29.2 Å². The zero-order valence-corrected chi connectivity index (χ0v) is 14.6. The molecule has 1 aromatic carbocycles. The lowest BCUT2D eigenvalue weighted by Crippen LogP contribution is -2.31. The Hall–Kier alpha value is -3.49. The zero-order chi connectivity index (χ0) is 18.4. The summed E-state index contributed by atoms with van der Waals surface area (Å²) < 4.78 is 2.93. The highest BCUT2D eigenvalue weighted by atomic mass is 16.2. The van der Waals surface area contributed by atoms with Gasteiger partial charge in [-0.25, -0.2) is 4.98 Å². The number of aromatic nitrogens is 6. The first-order valence-corrected chi connectivity index (χ1v) is 8.09. The summed E-state index contributed by atoms with van der Waals surface area (Å²) in [4.78, 5) is 33.0. The molecule has 0 spiro atoms. The average molecular weight is 351 g/mol. The second-order valence-corrected chi connectivity index (χ2v) is 6.20. The first kappa shape index (κ1) is 16.0. The number of benzene rings is 1. The van der Waals surface area contributed by atoms with Gasteiger partial charge in [-0.2, -0.15) is 14.6 Å². The van der Waals surface area contributed by atoms with Crippen molar-refractivity contribution in [2.45, 2.75) is 20.4 Å². The van der Waals surface area contributed by atoms with Gasteiger partial charge in [0.15, 0.2) is 0 Å². The van der Waals surface area contributed by atoms with E-state index in [4.69, 9.17) is 0 Å². The van der Waals surface area contributed by atoms with Crippen LogP contribution in [0.1, 0.15) is 27.4 Å². The molecular formula is C17H17N7O2. The predicted molar refractivity (Wildman–Crippen MR) is 95.0 cm³/mol. The molecule has 0 fully saturated rings. The number of aryl methyl sites for hydroxylation is 3. The Kier molecular flexibility index (Phi) is 3.57. The number of hydrogen-bond donors (Lipinski definition) is 2. The molecular weight excluding hydrogens is 334 g/mol. The molecule has 4 aromatic rings. The lowest BCUT2D eigenvalue weighted by atomic mass is 10.1. The van der Waals surface area contributed by atoms with E-state index in [1.54, 1.807) is 11.6 Å². The molecule has 4 rings (SSSR count). The van der Waals surface area contributed by atoms with Gasteiger partial charge >= 0.3 is 0 Å². The minimum absolute atomic E-state index is 0.0532. The van der Waals surface area contributed by atoms with Gasteiger partial charge in [0.2, 0.25) is 0 Å². The number of rotatable bonds is 3. The highest BCUT2D eigenvalue weighted by molar-refractivity contribution is 5.94. The van der Waals surface area contributed by atoms with Crippen LogP contribution in [0.25, 0.3) is 16.7 Å². The third-order valence-electron chi connectivity index (χ3n) is 4.23. The fraction of sp³-hybridized carbons (Fsp3) is 0.235. The number of carbonyl (C=O) groups excluding carboxylic acids is 1. The first-order chi connectivity index (χ1) is 12.4. The Morgan fingerprint density at radius 2 is 2.12 bits per heavy atom. The van der Waals surface area contributed by atoms with Gasteiger partial charge < -0.3 is 5.32 Å². The van der Waals surface area contributed by atoms with Gasteiger partial charge in [0.1, 0.15) is 11.4 Å². The van der Waals surface area contributed by atoms with Crippen LogP contribution < -0.4 is 10.9 Å². The van der Waals surface area contributed by atoms with Gasteiger partial charge in [-0.05, 0) is 26.0 Å². The van der Waals surface area contributed by atoms with E-state index >= 15 is 0 Å². The number of nitrogens with zero attached hydrogens (tertiary/aromatic N) is 5. The monoisotopic (exact) mass is 351 g/mol. The predicted octanol–water partition coefficient (Wildman–Crippen LogP) is 0.851. The van der Waals surface area contributed by atoms with E-state index in [2.05, 4.69) is 25.5 Å². The number of fused-ring (bicyclic) bond motifs is 2. The molecule has 0 atom stereocenters. The lowest BCUT2D eigenvalue weighted by molar-refractivity contribution is 0.0948. The van der Waals surface area contributed by atoms with Crippen LogP contribution in [0.5, 0.6) is 0 Å². The molecule has 0 aliphatic carbocycles. The van der Waals surface area contributed by atoms with E-state index in [1.807, 2.05) is 32.2 Å². The van der Waals surface area contributed by atoms with E-state index in [9.17, 15) is 9.59 Å². The van der Waals surface area contributed by atoms with Crippen molar-refractivity contribution in [2.75, 3.05) is 0 Å². The average Bonchev–Trinajstić information content (AvgIpc) is 3.13. The number of carbonyl (C=O) groups is 1. The Balaban J connectivity index is 1.63. The molecule has 26 heavy (non-hydrogen) atoms. The number of H-pyrrole nitrogens is 1. The Morgan fingerprint density at radius 3 is 2.92 bits per heavy atom. The van der Waals surface area contributed by atoms with Crippen LogP contribution >= 0.6 is 0 Å². The molecule has 9 nitrogen and oxygen atoms in total. The number of hydrogen-bond acceptors (Lipinski definition) is 5. The summed E-state index contributed by atoms with van der Waals surface area (Å²) in [6.45, 7) is 3.93. The first-order valence-electron chi connectivity index (χ1n) is 8.09. The van der Waals surface area contributed by atoms with Gasteiger partial charge in [-0.1, -0.05) is 11.6 Å². The molecule has 3 heterocycles. The fourth-order valence-electron chi connectivity index (χ4n) is 2.96. The van der Waals surface area contributed by atoms with Crippen LogP contribution in [0, 0.1) is 13.8 Å². The quantitative estimate of drug-likeness (QED) is 0.569. The maximum absolute atomic E-state index is 12.5. The van der Waals surface area contributed by atoms with Crippen molar-refractivity contribution in [2.24, 2.45) is 7.05 Å². The van der Waals surface area contributed by atoms with Gasteiger partial charge in [0, 0.05) is 18.6 Å². The van der Waals surface area contributed by atoms with Crippen molar-refractivity contribution >= 4 is 22.6 Å². The molecule has 0 aliphatic heterocycles. The molecule has 0 saturated carbocycles. The molecule has 0 unspecified atom stereocenters. The standard InChI is InChI=1S/C17H17N7O2/c1-9-4-5-14-11(6-9)13(22-23(14)3)8-18-15(25)12-7-19-17-20-10(2)21-24(17)16(12)26/h4-7H,8H2,1-3H3,(H,18,25)(H,19,20,21). The fourth-order valence-corrected chi connectivity index (χ4v) is 2.96. The van der Waals surface area contributed by atoms with E-state index < -0.39 is 11.5 Å². The van der Waals surface area contributed by atoms with E-state index in [1.165, 1.54) is 6.20 Å². The second kappa shape index (κ2) is 5.80. The van der Waals surface area contributed by atoms with Crippen molar-refractivity contribution in [3.63, 3.8) is 0 Å². The number of nitrogens with one attached hydrogen (secondary N) is 2. The summed E-state index contributed by atoms with van der Waals surface area (Å²) in [6, 6.07) is 6.04. The second-order valence-electron chi connectivity index (χ2n) is 6.20. The van der Waals surface area contributed by atoms with Gasteiger partial charge in [0.05, 0.1) is 17.8 Å². The molecule has 132 valence electrons. The highest BCUT2D eigenvalue weighted by Crippen LogP contribution is 2.19. The van der Waals surface area contributed by atoms with Crippen molar-refractivity contribution in [1.29, 1.82) is 0 Å². The third-order valence-corrected chi connectivity index (χ3v) is 4.23. The highest BCUT2D eigenvalue weighted by Gasteiger charge is 2.16. The molecule has 0 bridgehead atoms. The van der Waals surface area contributed by atoms with Crippen molar-refractivity contribution in [1.82, 2.24) is 34.7 Å². The summed E-state index contributed by atoms with van der Waals surface area (Å²) in [5.74, 6) is 0.272. The van der Waals surface area contributed by atoms with E-state index in [-0.39, 0.29) is 17.9 Å². The van der Waals surface area contributed by atoms with Crippen molar-refractivity contribution < 1.29 is 4.79 Å². The SMILES string of the molecule is Cc1ccc2c(c1)c(CNC(=O)c1cnc3nc(C)[nH]n3c1=O)nn2C.